The zero-order chi connectivity index (χ0) is 17.9. The topological polar surface area (TPSA) is 53.5 Å². The van der Waals surface area contributed by atoms with Gasteiger partial charge in [0.15, 0.2) is 0 Å². The first-order valence-electron chi connectivity index (χ1n) is 8.32. The second-order valence-electron chi connectivity index (χ2n) is 6.04. The van der Waals surface area contributed by atoms with Gasteiger partial charge in [0.2, 0.25) is 5.91 Å². The maximum Gasteiger partial charge on any atom is 0.254 e. The summed E-state index contributed by atoms with van der Waals surface area (Å²) in [7, 11) is 0. The van der Waals surface area contributed by atoms with Crippen LogP contribution in [0.5, 0.6) is 0 Å². The van der Waals surface area contributed by atoms with Gasteiger partial charge in [-0.3, -0.25) is 14.6 Å². The highest BCUT2D eigenvalue weighted by Gasteiger charge is 2.40. The van der Waals surface area contributed by atoms with Crippen LogP contribution in [0.3, 0.4) is 0 Å². The fourth-order valence-corrected chi connectivity index (χ4v) is 3.88. The van der Waals surface area contributed by atoms with Crippen LogP contribution < -0.4 is 4.90 Å². The fraction of sp³-hybridized carbons (Fsp3) is 0.150. The average Bonchev–Trinajstić information content (AvgIpc) is 3.19. The van der Waals surface area contributed by atoms with Gasteiger partial charge >= 0.3 is 0 Å². The number of hydrogen-bond acceptors (Lipinski definition) is 4. The van der Waals surface area contributed by atoms with Crippen molar-refractivity contribution in [3.05, 3.63) is 82.8 Å². The van der Waals surface area contributed by atoms with Crippen LogP contribution >= 0.6 is 11.3 Å². The number of carbonyl (C=O) groups excluding carboxylic acids is 2. The second-order valence-corrected chi connectivity index (χ2v) is 7.08. The molecule has 1 aromatic carbocycles. The van der Waals surface area contributed by atoms with E-state index in [1.165, 1.54) is 0 Å². The molecule has 2 amide bonds. The number of benzene rings is 1. The van der Waals surface area contributed by atoms with Crippen molar-refractivity contribution in [2.24, 2.45) is 0 Å². The number of carbonyl (C=O) groups is 2. The number of amides is 2. The van der Waals surface area contributed by atoms with Crippen molar-refractivity contribution >= 4 is 28.8 Å². The second kappa shape index (κ2) is 7.09. The standard InChI is InChI=1S/C20H17N3O2S/c24-18-14-22(16-5-2-1-3-6-16)20(25)19(15-8-10-21-11-9-15)23(18)13-17-7-4-12-26-17/h1-12,19H,13-14H2. The number of rotatable bonds is 4. The molecule has 0 spiro atoms. The van der Waals surface area contributed by atoms with Crippen molar-refractivity contribution in [1.82, 2.24) is 9.88 Å². The van der Waals surface area contributed by atoms with Gasteiger partial charge in [0.1, 0.15) is 12.6 Å². The molecule has 0 bridgehead atoms. The van der Waals surface area contributed by atoms with Crippen molar-refractivity contribution in [2.75, 3.05) is 11.4 Å². The van der Waals surface area contributed by atoms with Crippen molar-refractivity contribution in [3.63, 3.8) is 0 Å². The fourth-order valence-electron chi connectivity index (χ4n) is 3.17. The monoisotopic (exact) mass is 363 g/mol. The van der Waals surface area contributed by atoms with Crippen LogP contribution in [0.25, 0.3) is 0 Å². The first kappa shape index (κ1) is 16.5. The van der Waals surface area contributed by atoms with E-state index in [0.29, 0.717) is 6.54 Å². The van der Waals surface area contributed by atoms with Gasteiger partial charge < -0.3 is 9.80 Å². The van der Waals surface area contributed by atoms with E-state index in [0.717, 1.165) is 16.1 Å². The van der Waals surface area contributed by atoms with Crippen LogP contribution in [0.1, 0.15) is 16.5 Å². The van der Waals surface area contributed by atoms with Gasteiger partial charge in [-0.2, -0.15) is 0 Å². The molecule has 5 nitrogen and oxygen atoms in total. The SMILES string of the molecule is O=C1C(c2ccncc2)N(Cc2cccs2)C(=O)CN1c1ccccc1. The van der Waals surface area contributed by atoms with E-state index >= 15 is 0 Å². The number of pyridine rings is 1. The van der Waals surface area contributed by atoms with E-state index in [1.54, 1.807) is 45.7 Å². The van der Waals surface area contributed by atoms with Gasteiger partial charge in [-0.05, 0) is 41.3 Å². The van der Waals surface area contributed by atoms with Crippen LogP contribution in [0.4, 0.5) is 5.69 Å². The molecule has 0 N–H and O–H groups in total. The molecule has 1 atom stereocenters. The highest BCUT2D eigenvalue weighted by molar-refractivity contribution is 7.09. The summed E-state index contributed by atoms with van der Waals surface area (Å²) in [6, 6.07) is 16.2. The molecule has 4 rings (SSSR count). The Hall–Kier alpha value is -2.99. The van der Waals surface area contributed by atoms with Crippen LogP contribution in [-0.4, -0.2) is 28.2 Å². The predicted octanol–water partition coefficient (Wildman–Crippen LogP) is 3.26. The van der Waals surface area contributed by atoms with Crippen molar-refractivity contribution in [3.8, 4) is 0 Å². The molecule has 1 unspecified atom stereocenters. The lowest BCUT2D eigenvalue weighted by molar-refractivity contribution is -0.144. The third-order valence-corrected chi connectivity index (χ3v) is 5.28. The predicted molar refractivity (Wildman–Crippen MR) is 101 cm³/mol. The minimum atomic E-state index is -0.651. The lowest BCUT2D eigenvalue weighted by atomic mass is 10.0. The van der Waals surface area contributed by atoms with Crippen LogP contribution in [-0.2, 0) is 16.1 Å². The molecule has 1 fully saturated rings. The number of anilines is 1. The van der Waals surface area contributed by atoms with Gasteiger partial charge in [0.25, 0.3) is 5.91 Å². The maximum absolute atomic E-state index is 13.3. The molecule has 1 saturated heterocycles. The van der Waals surface area contributed by atoms with Crippen molar-refractivity contribution in [1.29, 1.82) is 0 Å². The Morgan fingerprint density at radius 2 is 1.77 bits per heavy atom. The lowest BCUT2D eigenvalue weighted by Gasteiger charge is -2.40. The van der Waals surface area contributed by atoms with Gasteiger partial charge in [-0.25, -0.2) is 0 Å². The van der Waals surface area contributed by atoms with Crippen molar-refractivity contribution in [2.45, 2.75) is 12.6 Å². The number of nitrogens with zero attached hydrogens (tertiary/aromatic N) is 3. The van der Waals surface area contributed by atoms with Gasteiger partial charge in [-0.15, -0.1) is 11.3 Å². The molecule has 26 heavy (non-hydrogen) atoms. The van der Waals surface area contributed by atoms with Crippen molar-refractivity contribution < 1.29 is 9.59 Å². The highest BCUT2D eigenvalue weighted by Crippen LogP contribution is 2.32. The summed E-state index contributed by atoms with van der Waals surface area (Å²) in [4.78, 5) is 34.6. The average molecular weight is 363 g/mol. The molecule has 1 aliphatic rings. The van der Waals surface area contributed by atoms with Gasteiger partial charge in [0.05, 0.1) is 6.54 Å². The molecule has 0 saturated carbocycles. The Balaban J connectivity index is 1.73. The summed E-state index contributed by atoms with van der Waals surface area (Å²) in [6.07, 6.45) is 3.30. The number of para-hydroxylation sites is 1. The zero-order valence-corrected chi connectivity index (χ0v) is 14.8. The Labute approximate surface area is 155 Å². The van der Waals surface area contributed by atoms with Gasteiger partial charge in [0, 0.05) is 23.0 Å². The summed E-state index contributed by atoms with van der Waals surface area (Å²) < 4.78 is 0. The molecule has 0 aliphatic carbocycles. The summed E-state index contributed by atoms with van der Waals surface area (Å²) in [5, 5.41) is 1.98. The van der Waals surface area contributed by atoms with Crippen LogP contribution in [0.2, 0.25) is 0 Å². The van der Waals surface area contributed by atoms with Gasteiger partial charge in [-0.1, -0.05) is 24.3 Å². The number of hydrogen-bond donors (Lipinski definition) is 0. The third-order valence-electron chi connectivity index (χ3n) is 4.42. The zero-order valence-electron chi connectivity index (χ0n) is 14.0. The number of thiophene rings is 1. The summed E-state index contributed by atoms with van der Waals surface area (Å²) in [5.41, 5.74) is 1.51. The Morgan fingerprint density at radius 1 is 1.00 bits per heavy atom. The molecule has 130 valence electrons. The van der Waals surface area contributed by atoms with Crippen LogP contribution in [0, 0.1) is 0 Å². The Kier molecular flexibility index (Phi) is 4.50. The molecule has 3 aromatic rings. The smallest absolute Gasteiger partial charge is 0.254 e. The number of aromatic nitrogens is 1. The quantitative estimate of drug-likeness (QED) is 0.715. The molecule has 0 radical (unpaired) electrons. The molecule has 3 heterocycles. The molecule has 6 heteroatoms. The summed E-state index contributed by atoms with van der Waals surface area (Å²) in [6.45, 7) is 0.480. The van der Waals surface area contributed by atoms with E-state index < -0.39 is 6.04 Å². The molecular formula is C20H17N3O2S. The van der Waals surface area contributed by atoms with E-state index in [4.69, 9.17) is 0 Å². The summed E-state index contributed by atoms with van der Waals surface area (Å²) in [5.74, 6) is -0.165. The highest BCUT2D eigenvalue weighted by atomic mass is 32.1. The van der Waals surface area contributed by atoms with Crippen LogP contribution in [0.15, 0.2) is 72.4 Å². The third kappa shape index (κ3) is 3.11. The largest absolute Gasteiger partial charge is 0.320 e. The molecule has 1 aliphatic heterocycles. The maximum atomic E-state index is 13.3. The minimum Gasteiger partial charge on any atom is -0.320 e. The van der Waals surface area contributed by atoms with E-state index in [1.807, 2.05) is 47.8 Å². The summed E-state index contributed by atoms with van der Waals surface area (Å²) >= 11 is 1.58. The first-order valence-corrected chi connectivity index (χ1v) is 9.20. The van der Waals surface area contributed by atoms with E-state index in [9.17, 15) is 9.59 Å². The minimum absolute atomic E-state index is 0.0514. The molecule has 2 aromatic heterocycles. The Morgan fingerprint density at radius 3 is 2.46 bits per heavy atom. The molecular weight excluding hydrogens is 346 g/mol. The lowest BCUT2D eigenvalue weighted by Crippen LogP contribution is -2.55. The Bertz CT molecular complexity index is 897. The van der Waals surface area contributed by atoms with E-state index in [2.05, 4.69) is 4.98 Å². The normalized spacial score (nSPS) is 17.6. The first-order chi connectivity index (χ1) is 12.7. The number of piperazine rings is 1. The van der Waals surface area contributed by atoms with E-state index in [-0.39, 0.29) is 18.4 Å².